The van der Waals surface area contributed by atoms with Gasteiger partial charge in [-0.2, -0.15) is 0 Å². The smallest absolute Gasteiger partial charge is 0.239 e. The van der Waals surface area contributed by atoms with Crippen LogP contribution in [0.5, 0.6) is 0 Å². The van der Waals surface area contributed by atoms with Crippen molar-refractivity contribution in [1.82, 2.24) is 4.90 Å². The van der Waals surface area contributed by atoms with Crippen molar-refractivity contribution in [2.75, 3.05) is 13.1 Å². The van der Waals surface area contributed by atoms with E-state index < -0.39 is 6.43 Å². The number of amides is 1. The van der Waals surface area contributed by atoms with Crippen molar-refractivity contribution in [2.24, 2.45) is 11.8 Å². The first kappa shape index (κ1) is 10.8. The van der Waals surface area contributed by atoms with Gasteiger partial charge in [0, 0.05) is 25.4 Å². The molecule has 1 aliphatic heterocycles. The highest BCUT2D eigenvalue weighted by molar-refractivity contribution is 5.79. The fourth-order valence-electron chi connectivity index (χ4n) is 2.58. The van der Waals surface area contributed by atoms with Crippen LogP contribution in [0, 0.1) is 11.8 Å². The molecule has 0 aromatic rings. The van der Waals surface area contributed by atoms with Gasteiger partial charge in [0.05, 0.1) is 0 Å². The Morgan fingerprint density at radius 1 is 1.27 bits per heavy atom. The van der Waals surface area contributed by atoms with E-state index in [9.17, 15) is 13.6 Å². The van der Waals surface area contributed by atoms with Crippen molar-refractivity contribution in [1.29, 1.82) is 0 Å². The Kier molecular flexibility index (Phi) is 3.22. The van der Waals surface area contributed by atoms with Gasteiger partial charge in [-0.3, -0.25) is 4.79 Å². The molecule has 0 spiro atoms. The first-order chi connectivity index (χ1) is 7.16. The largest absolute Gasteiger partial charge is 0.342 e. The van der Waals surface area contributed by atoms with Gasteiger partial charge in [-0.15, -0.1) is 0 Å². The Hall–Kier alpha value is -0.670. The molecule has 0 N–H and O–H groups in total. The molecule has 15 heavy (non-hydrogen) atoms. The van der Waals surface area contributed by atoms with E-state index in [1.807, 2.05) is 0 Å². The van der Waals surface area contributed by atoms with Crippen molar-refractivity contribution < 1.29 is 13.6 Å². The zero-order valence-electron chi connectivity index (χ0n) is 8.79. The standard InChI is InChI=1S/C11H17F2NO/c12-10(13)5-8-6-14(7-8)11(15)9-3-1-2-4-9/h8-10H,1-7H2. The molecule has 0 atom stereocenters. The topological polar surface area (TPSA) is 20.3 Å². The summed E-state index contributed by atoms with van der Waals surface area (Å²) < 4.78 is 24.1. The third kappa shape index (κ3) is 2.47. The van der Waals surface area contributed by atoms with E-state index in [4.69, 9.17) is 0 Å². The summed E-state index contributed by atoms with van der Waals surface area (Å²) in [4.78, 5) is 13.6. The molecule has 2 nitrogen and oxygen atoms in total. The monoisotopic (exact) mass is 217 g/mol. The lowest BCUT2D eigenvalue weighted by molar-refractivity contribution is -0.142. The lowest BCUT2D eigenvalue weighted by Gasteiger charge is -2.40. The quantitative estimate of drug-likeness (QED) is 0.710. The van der Waals surface area contributed by atoms with Gasteiger partial charge in [0.15, 0.2) is 0 Å². The number of nitrogens with zero attached hydrogens (tertiary/aromatic N) is 1. The molecular weight excluding hydrogens is 200 g/mol. The summed E-state index contributed by atoms with van der Waals surface area (Å²) in [5, 5.41) is 0. The number of alkyl halides is 2. The molecule has 0 aromatic heterocycles. The molecule has 1 heterocycles. The first-order valence-electron chi connectivity index (χ1n) is 5.73. The van der Waals surface area contributed by atoms with E-state index in [-0.39, 0.29) is 24.2 Å². The van der Waals surface area contributed by atoms with Crippen molar-refractivity contribution in [3.63, 3.8) is 0 Å². The molecular formula is C11H17F2NO. The van der Waals surface area contributed by atoms with Crippen molar-refractivity contribution >= 4 is 5.91 Å². The maximum absolute atomic E-state index is 12.0. The van der Waals surface area contributed by atoms with Crippen LogP contribution in [0.2, 0.25) is 0 Å². The second-order valence-corrected chi connectivity index (χ2v) is 4.72. The lowest BCUT2D eigenvalue weighted by atomic mass is 9.94. The minimum absolute atomic E-state index is 0.0374. The summed E-state index contributed by atoms with van der Waals surface area (Å²) in [6, 6.07) is 0. The Morgan fingerprint density at radius 2 is 1.87 bits per heavy atom. The highest BCUT2D eigenvalue weighted by Gasteiger charge is 2.36. The van der Waals surface area contributed by atoms with Crippen molar-refractivity contribution in [2.45, 2.75) is 38.5 Å². The average Bonchev–Trinajstić information content (AvgIpc) is 2.61. The van der Waals surface area contributed by atoms with Crippen LogP contribution in [-0.2, 0) is 4.79 Å². The molecule has 4 heteroatoms. The molecule has 1 saturated carbocycles. The third-order valence-electron chi connectivity index (χ3n) is 3.48. The van der Waals surface area contributed by atoms with Gasteiger partial charge in [0.1, 0.15) is 0 Å². The number of carbonyl (C=O) groups is 1. The number of halogens is 2. The second-order valence-electron chi connectivity index (χ2n) is 4.72. The molecule has 2 fully saturated rings. The summed E-state index contributed by atoms with van der Waals surface area (Å²) in [6.07, 6.45) is 2.01. The Morgan fingerprint density at radius 3 is 2.40 bits per heavy atom. The highest BCUT2D eigenvalue weighted by Crippen LogP contribution is 2.30. The molecule has 2 aliphatic rings. The van der Waals surface area contributed by atoms with Gasteiger partial charge in [-0.05, 0) is 18.8 Å². The average molecular weight is 217 g/mol. The highest BCUT2D eigenvalue weighted by atomic mass is 19.3. The normalized spacial score (nSPS) is 23.5. The van der Waals surface area contributed by atoms with Crippen LogP contribution in [0.15, 0.2) is 0 Å². The van der Waals surface area contributed by atoms with Crippen LogP contribution in [-0.4, -0.2) is 30.3 Å². The van der Waals surface area contributed by atoms with Gasteiger partial charge in [-0.1, -0.05) is 12.8 Å². The van der Waals surface area contributed by atoms with Crippen LogP contribution < -0.4 is 0 Å². The van der Waals surface area contributed by atoms with Crippen LogP contribution in [0.1, 0.15) is 32.1 Å². The number of hydrogen-bond donors (Lipinski definition) is 0. The zero-order valence-corrected chi connectivity index (χ0v) is 8.79. The minimum atomic E-state index is -2.22. The molecule has 1 amide bonds. The van der Waals surface area contributed by atoms with Gasteiger partial charge in [0.2, 0.25) is 12.3 Å². The van der Waals surface area contributed by atoms with E-state index >= 15 is 0 Å². The van der Waals surface area contributed by atoms with Crippen LogP contribution >= 0.6 is 0 Å². The first-order valence-corrected chi connectivity index (χ1v) is 5.73. The second kappa shape index (κ2) is 4.45. The van der Waals surface area contributed by atoms with Crippen LogP contribution in [0.25, 0.3) is 0 Å². The van der Waals surface area contributed by atoms with E-state index in [2.05, 4.69) is 0 Å². The molecule has 0 bridgehead atoms. The van der Waals surface area contributed by atoms with Gasteiger partial charge in [0.25, 0.3) is 0 Å². The minimum Gasteiger partial charge on any atom is -0.342 e. The number of rotatable bonds is 3. The molecule has 1 saturated heterocycles. The summed E-state index contributed by atoms with van der Waals surface area (Å²) in [6.45, 7) is 1.11. The zero-order chi connectivity index (χ0) is 10.8. The van der Waals surface area contributed by atoms with Crippen LogP contribution in [0.4, 0.5) is 8.78 Å². The van der Waals surface area contributed by atoms with Crippen molar-refractivity contribution in [3.05, 3.63) is 0 Å². The Bertz CT molecular complexity index is 233. The van der Waals surface area contributed by atoms with Gasteiger partial charge >= 0.3 is 0 Å². The predicted molar refractivity (Wildman–Crippen MR) is 52.6 cm³/mol. The SMILES string of the molecule is O=C(C1CCCC1)N1CC(CC(F)F)C1. The van der Waals surface area contributed by atoms with E-state index in [1.54, 1.807) is 4.90 Å². The summed E-state index contributed by atoms with van der Waals surface area (Å²) in [7, 11) is 0. The summed E-state index contributed by atoms with van der Waals surface area (Å²) >= 11 is 0. The summed E-state index contributed by atoms with van der Waals surface area (Å²) in [5.41, 5.74) is 0. The molecule has 0 radical (unpaired) electrons. The molecule has 2 rings (SSSR count). The lowest BCUT2D eigenvalue weighted by Crippen LogP contribution is -2.52. The number of hydrogen-bond acceptors (Lipinski definition) is 1. The van der Waals surface area contributed by atoms with E-state index in [0.717, 1.165) is 25.7 Å². The van der Waals surface area contributed by atoms with E-state index in [0.29, 0.717) is 13.1 Å². The molecule has 0 aromatic carbocycles. The maximum Gasteiger partial charge on any atom is 0.239 e. The Balaban J connectivity index is 1.71. The van der Waals surface area contributed by atoms with E-state index in [1.165, 1.54) is 0 Å². The van der Waals surface area contributed by atoms with Crippen molar-refractivity contribution in [3.8, 4) is 0 Å². The van der Waals surface area contributed by atoms with Crippen LogP contribution in [0.3, 0.4) is 0 Å². The fraction of sp³-hybridized carbons (Fsp3) is 0.909. The van der Waals surface area contributed by atoms with Gasteiger partial charge < -0.3 is 4.90 Å². The predicted octanol–water partition coefficient (Wildman–Crippen LogP) is 2.29. The maximum atomic E-state index is 12.0. The Labute approximate surface area is 88.6 Å². The molecule has 0 unspecified atom stereocenters. The third-order valence-corrected chi connectivity index (χ3v) is 3.48. The summed E-state index contributed by atoms with van der Waals surface area (Å²) in [5.74, 6) is 0.436. The molecule has 1 aliphatic carbocycles. The van der Waals surface area contributed by atoms with Gasteiger partial charge in [-0.25, -0.2) is 8.78 Å². The number of likely N-dealkylation sites (tertiary alicyclic amines) is 1. The molecule has 86 valence electrons. The fourth-order valence-corrected chi connectivity index (χ4v) is 2.58. The number of carbonyl (C=O) groups excluding carboxylic acids is 1.